The standard InChI is InChI=1S/C25H19N5O5S/c1-35-21-12-8-18(9-13-21)24-28-29-25(36-24)27-23(32)17-6-10-19(11-7-17)26-22(31)14-5-16-3-2-4-20(15-16)30(33)34/h2-15H,1H3,(H,26,31)(H,27,29,32)/b14-5+. The van der Waals surface area contributed by atoms with Gasteiger partial charge in [-0.15, -0.1) is 10.2 Å². The molecule has 0 aliphatic heterocycles. The number of non-ortho nitro benzene ring substituents is 1. The predicted molar refractivity (Wildman–Crippen MR) is 137 cm³/mol. The van der Waals surface area contributed by atoms with E-state index in [9.17, 15) is 19.7 Å². The molecule has 0 aliphatic rings. The fourth-order valence-electron chi connectivity index (χ4n) is 3.10. The molecule has 36 heavy (non-hydrogen) atoms. The van der Waals surface area contributed by atoms with E-state index in [1.165, 1.54) is 35.6 Å². The first kappa shape index (κ1) is 24.2. The Hall–Kier alpha value is -4.90. The van der Waals surface area contributed by atoms with E-state index in [0.29, 0.717) is 27.0 Å². The molecule has 3 aromatic carbocycles. The second-order valence-electron chi connectivity index (χ2n) is 7.35. The van der Waals surface area contributed by atoms with E-state index in [4.69, 9.17) is 4.74 Å². The number of aromatic nitrogens is 2. The number of ether oxygens (including phenoxy) is 1. The summed E-state index contributed by atoms with van der Waals surface area (Å²) in [6, 6.07) is 19.6. The quantitative estimate of drug-likeness (QED) is 0.196. The highest BCUT2D eigenvalue weighted by Gasteiger charge is 2.12. The van der Waals surface area contributed by atoms with Crippen LogP contribution in [0.3, 0.4) is 0 Å². The van der Waals surface area contributed by atoms with Gasteiger partial charge in [0.05, 0.1) is 12.0 Å². The van der Waals surface area contributed by atoms with Crippen LogP contribution in [0.5, 0.6) is 5.75 Å². The van der Waals surface area contributed by atoms with Gasteiger partial charge in [-0.25, -0.2) is 0 Å². The van der Waals surface area contributed by atoms with Gasteiger partial charge in [-0.1, -0.05) is 23.5 Å². The zero-order valence-electron chi connectivity index (χ0n) is 18.9. The van der Waals surface area contributed by atoms with Crippen LogP contribution < -0.4 is 15.4 Å². The third-order valence-corrected chi connectivity index (χ3v) is 5.79. The largest absolute Gasteiger partial charge is 0.497 e. The number of nitrogens with zero attached hydrogens (tertiary/aromatic N) is 3. The van der Waals surface area contributed by atoms with Crippen molar-refractivity contribution in [1.82, 2.24) is 10.2 Å². The van der Waals surface area contributed by atoms with Crippen LogP contribution in [0, 0.1) is 10.1 Å². The second kappa shape index (κ2) is 11.0. The van der Waals surface area contributed by atoms with Crippen molar-refractivity contribution in [1.29, 1.82) is 0 Å². The summed E-state index contributed by atoms with van der Waals surface area (Å²) >= 11 is 1.24. The summed E-state index contributed by atoms with van der Waals surface area (Å²) in [4.78, 5) is 35.1. The molecule has 0 unspecified atom stereocenters. The van der Waals surface area contributed by atoms with Gasteiger partial charge < -0.3 is 10.1 Å². The van der Waals surface area contributed by atoms with E-state index in [1.54, 1.807) is 43.5 Å². The first-order chi connectivity index (χ1) is 17.4. The van der Waals surface area contributed by atoms with Gasteiger partial charge in [-0.3, -0.25) is 25.0 Å². The number of amides is 2. The van der Waals surface area contributed by atoms with E-state index in [2.05, 4.69) is 20.8 Å². The minimum Gasteiger partial charge on any atom is -0.497 e. The van der Waals surface area contributed by atoms with Crippen LogP contribution in [-0.4, -0.2) is 34.0 Å². The van der Waals surface area contributed by atoms with Gasteiger partial charge in [0.1, 0.15) is 10.8 Å². The van der Waals surface area contributed by atoms with Crippen LogP contribution in [0.2, 0.25) is 0 Å². The highest BCUT2D eigenvalue weighted by molar-refractivity contribution is 7.18. The van der Waals surface area contributed by atoms with Crippen molar-refractivity contribution >= 4 is 45.7 Å². The molecule has 4 rings (SSSR count). The van der Waals surface area contributed by atoms with Gasteiger partial charge in [-0.2, -0.15) is 0 Å². The Bertz CT molecular complexity index is 1430. The number of nitro benzene ring substituents is 1. The summed E-state index contributed by atoms with van der Waals surface area (Å²) in [5.74, 6) is -0.0515. The summed E-state index contributed by atoms with van der Waals surface area (Å²) < 4.78 is 5.15. The normalized spacial score (nSPS) is 10.7. The molecule has 2 N–H and O–H groups in total. The molecule has 0 fully saturated rings. The molecule has 0 spiro atoms. The summed E-state index contributed by atoms with van der Waals surface area (Å²) in [5, 5.41) is 25.4. The molecule has 180 valence electrons. The Morgan fingerprint density at radius 2 is 1.75 bits per heavy atom. The monoisotopic (exact) mass is 501 g/mol. The predicted octanol–water partition coefficient (Wildman–Crippen LogP) is 5.03. The molecule has 0 atom stereocenters. The van der Waals surface area contributed by atoms with E-state index >= 15 is 0 Å². The fraction of sp³-hybridized carbons (Fsp3) is 0.0400. The zero-order valence-corrected chi connectivity index (χ0v) is 19.7. The van der Waals surface area contributed by atoms with E-state index in [1.807, 2.05) is 24.3 Å². The van der Waals surface area contributed by atoms with Crippen molar-refractivity contribution in [3.63, 3.8) is 0 Å². The maximum Gasteiger partial charge on any atom is 0.270 e. The molecule has 10 nitrogen and oxygen atoms in total. The SMILES string of the molecule is COc1ccc(-c2nnc(NC(=O)c3ccc(NC(=O)/C=C/c4cccc([N+](=O)[O-])c4)cc3)s2)cc1. The number of rotatable bonds is 8. The average Bonchev–Trinajstić information content (AvgIpc) is 3.36. The lowest BCUT2D eigenvalue weighted by Crippen LogP contribution is -2.12. The van der Waals surface area contributed by atoms with E-state index in [0.717, 1.165) is 11.3 Å². The van der Waals surface area contributed by atoms with Crippen molar-refractivity contribution in [2.75, 3.05) is 17.7 Å². The molecular weight excluding hydrogens is 482 g/mol. The van der Waals surface area contributed by atoms with Crippen LogP contribution in [0.15, 0.2) is 78.9 Å². The molecule has 0 aliphatic carbocycles. The third-order valence-electron chi connectivity index (χ3n) is 4.91. The van der Waals surface area contributed by atoms with Crippen molar-refractivity contribution in [2.45, 2.75) is 0 Å². The molecule has 0 bridgehead atoms. The molecule has 0 saturated carbocycles. The smallest absolute Gasteiger partial charge is 0.270 e. The average molecular weight is 502 g/mol. The maximum atomic E-state index is 12.6. The molecule has 0 saturated heterocycles. The van der Waals surface area contributed by atoms with E-state index < -0.39 is 10.8 Å². The van der Waals surface area contributed by atoms with Crippen molar-refractivity contribution < 1.29 is 19.2 Å². The summed E-state index contributed by atoms with van der Waals surface area (Å²) in [5.41, 5.74) is 2.18. The first-order valence-electron chi connectivity index (χ1n) is 10.5. The number of methoxy groups -OCH3 is 1. The highest BCUT2D eigenvalue weighted by atomic mass is 32.1. The van der Waals surface area contributed by atoms with E-state index in [-0.39, 0.29) is 11.6 Å². The number of nitrogens with one attached hydrogen (secondary N) is 2. The summed E-state index contributed by atoms with van der Waals surface area (Å²) in [6.07, 6.45) is 2.75. The van der Waals surface area contributed by atoms with Gasteiger partial charge in [0.25, 0.3) is 11.6 Å². The van der Waals surface area contributed by atoms with Crippen LogP contribution in [0.4, 0.5) is 16.5 Å². The molecule has 1 aromatic heterocycles. The molecule has 1 heterocycles. The highest BCUT2D eigenvalue weighted by Crippen LogP contribution is 2.28. The number of carbonyl (C=O) groups is 2. The Kier molecular flexibility index (Phi) is 7.42. The molecular formula is C25H19N5O5S. The summed E-state index contributed by atoms with van der Waals surface area (Å²) in [6.45, 7) is 0. The van der Waals surface area contributed by atoms with Gasteiger partial charge >= 0.3 is 0 Å². The number of benzene rings is 3. The fourth-order valence-corrected chi connectivity index (χ4v) is 3.84. The lowest BCUT2D eigenvalue weighted by Gasteiger charge is -2.05. The van der Waals surface area contributed by atoms with Crippen molar-refractivity contribution in [2.24, 2.45) is 0 Å². The lowest BCUT2D eigenvalue weighted by atomic mass is 10.2. The number of carbonyl (C=O) groups excluding carboxylic acids is 2. The topological polar surface area (TPSA) is 136 Å². The van der Waals surface area contributed by atoms with Gasteiger partial charge in [-0.05, 0) is 60.2 Å². The zero-order chi connectivity index (χ0) is 25.5. The summed E-state index contributed by atoms with van der Waals surface area (Å²) in [7, 11) is 1.59. The van der Waals surface area contributed by atoms with Crippen LogP contribution in [0.1, 0.15) is 15.9 Å². The number of nitro groups is 1. The molecule has 4 aromatic rings. The van der Waals surface area contributed by atoms with Crippen molar-refractivity contribution in [3.05, 3.63) is 100 Å². The number of hydrogen-bond donors (Lipinski definition) is 2. The Labute approximate surface area is 209 Å². The minimum absolute atomic E-state index is 0.0584. The van der Waals surface area contributed by atoms with Gasteiger partial charge in [0.15, 0.2) is 0 Å². The molecule has 0 radical (unpaired) electrons. The Morgan fingerprint density at radius 3 is 2.44 bits per heavy atom. The second-order valence-corrected chi connectivity index (χ2v) is 8.32. The van der Waals surface area contributed by atoms with Gasteiger partial charge in [0.2, 0.25) is 11.0 Å². The molecule has 11 heteroatoms. The van der Waals surface area contributed by atoms with Crippen LogP contribution in [-0.2, 0) is 4.79 Å². The first-order valence-corrected chi connectivity index (χ1v) is 11.4. The lowest BCUT2D eigenvalue weighted by molar-refractivity contribution is -0.384. The Morgan fingerprint density at radius 1 is 1.00 bits per heavy atom. The Balaban J connectivity index is 1.33. The maximum absolute atomic E-state index is 12.6. The van der Waals surface area contributed by atoms with Crippen molar-refractivity contribution in [3.8, 4) is 16.3 Å². The van der Waals surface area contributed by atoms with Crippen LogP contribution >= 0.6 is 11.3 Å². The number of hydrogen-bond acceptors (Lipinski definition) is 8. The molecule has 2 amide bonds. The van der Waals surface area contributed by atoms with Gasteiger partial charge in [0, 0.05) is 35.0 Å². The minimum atomic E-state index is -0.500. The third kappa shape index (κ3) is 6.15. The number of anilines is 2. The van der Waals surface area contributed by atoms with Crippen LogP contribution in [0.25, 0.3) is 16.6 Å².